The molecule has 0 unspecified atom stereocenters. The molecule has 0 fully saturated rings. The molecule has 2 aromatic rings. The minimum atomic E-state index is -0.640. The average Bonchev–Trinajstić information content (AvgIpc) is 2.35. The maximum atomic E-state index is 13.3. The SMILES string of the molecule is CCc1ccc(Oc2nc(N)ncc2F)cc1. The van der Waals surface area contributed by atoms with Crippen molar-refractivity contribution in [3.63, 3.8) is 0 Å². The normalized spacial score (nSPS) is 10.2. The highest BCUT2D eigenvalue weighted by Crippen LogP contribution is 2.22. The van der Waals surface area contributed by atoms with Crippen molar-refractivity contribution in [3.05, 3.63) is 41.8 Å². The van der Waals surface area contributed by atoms with Gasteiger partial charge in [0, 0.05) is 0 Å². The molecule has 1 heterocycles. The Balaban J connectivity index is 2.22. The standard InChI is InChI=1S/C12H12FN3O/c1-2-8-3-5-9(6-4-8)17-11-10(13)7-15-12(14)16-11/h3-7H,2H2,1H3,(H2,14,15,16). The summed E-state index contributed by atoms with van der Waals surface area (Å²) in [6, 6.07) is 7.35. The summed E-state index contributed by atoms with van der Waals surface area (Å²) in [6.07, 6.45) is 1.92. The van der Waals surface area contributed by atoms with Crippen molar-refractivity contribution in [2.45, 2.75) is 13.3 Å². The molecule has 5 heteroatoms. The summed E-state index contributed by atoms with van der Waals surface area (Å²) in [7, 11) is 0. The number of nitrogens with two attached hydrogens (primary N) is 1. The molecule has 0 aliphatic rings. The molecule has 0 spiro atoms. The zero-order valence-corrected chi connectivity index (χ0v) is 9.35. The first-order valence-corrected chi connectivity index (χ1v) is 5.24. The van der Waals surface area contributed by atoms with E-state index < -0.39 is 5.82 Å². The largest absolute Gasteiger partial charge is 0.436 e. The predicted molar refractivity (Wildman–Crippen MR) is 62.3 cm³/mol. The van der Waals surface area contributed by atoms with E-state index in [1.807, 2.05) is 12.1 Å². The Morgan fingerprint density at radius 1 is 1.29 bits per heavy atom. The van der Waals surface area contributed by atoms with Gasteiger partial charge >= 0.3 is 0 Å². The second kappa shape index (κ2) is 4.78. The van der Waals surface area contributed by atoms with Crippen molar-refractivity contribution >= 4 is 5.95 Å². The molecule has 4 nitrogen and oxygen atoms in total. The Morgan fingerprint density at radius 2 is 2.00 bits per heavy atom. The first-order chi connectivity index (χ1) is 8.19. The lowest BCUT2D eigenvalue weighted by atomic mass is 10.2. The highest BCUT2D eigenvalue weighted by atomic mass is 19.1. The number of halogens is 1. The summed E-state index contributed by atoms with van der Waals surface area (Å²) in [4.78, 5) is 7.20. The number of ether oxygens (including phenoxy) is 1. The lowest BCUT2D eigenvalue weighted by Gasteiger charge is -2.06. The molecule has 0 aliphatic carbocycles. The lowest BCUT2D eigenvalue weighted by Crippen LogP contribution is -1.99. The summed E-state index contributed by atoms with van der Waals surface area (Å²) >= 11 is 0. The van der Waals surface area contributed by atoms with E-state index in [0.717, 1.165) is 12.6 Å². The van der Waals surface area contributed by atoms with Crippen LogP contribution in [-0.4, -0.2) is 9.97 Å². The van der Waals surface area contributed by atoms with Crippen LogP contribution in [0.5, 0.6) is 11.6 Å². The number of aryl methyl sites for hydroxylation is 1. The van der Waals surface area contributed by atoms with Crippen LogP contribution in [0, 0.1) is 5.82 Å². The molecule has 0 aliphatic heterocycles. The monoisotopic (exact) mass is 233 g/mol. The van der Waals surface area contributed by atoms with Gasteiger partial charge in [0.1, 0.15) is 5.75 Å². The Bertz CT molecular complexity index is 514. The molecule has 0 atom stereocenters. The molecule has 1 aromatic carbocycles. The van der Waals surface area contributed by atoms with Gasteiger partial charge < -0.3 is 10.5 Å². The summed E-state index contributed by atoms with van der Waals surface area (Å²) in [5, 5.41) is 0. The Labute approximate surface area is 98.3 Å². The van der Waals surface area contributed by atoms with Crippen molar-refractivity contribution in [1.29, 1.82) is 0 Å². The van der Waals surface area contributed by atoms with Crippen LogP contribution in [0.2, 0.25) is 0 Å². The van der Waals surface area contributed by atoms with Gasteiger partial charge in [-0.3, -0.25) is 0 Å². The molecule has 0 amide bonds. The van der Waals surface area contributed by atoms with Crippen LogP contribution < -0.4 is 10.5 Å². The highest BCUT2D eigenvalue weighted by Gasteiger charge is 2.07. The van der Waals surface area contributed by atoms with Gasteiger partial charge in [-0.25, -0.2) is 4.98 Å². The molecule has 1 aromatic heterocycles. The van der Waals surface area contributed by atoms with E-state index >= 15 is 0 Å². The number of anilines is 1. The second-order valence-corrected chi connectivity index (χ2v) is 3.48. The molecular formula is C12H12FN3O. The van der Waals surface area contributed by atoms with Crippen molar-refractivity contribution in [3.8, 4) is 11.6 Å². The van der Waals surface area contributed by atoms with Gasteiger partial charge in [0.05, 0.1) is 6.20 Å². The molecule has 0 bridgehead atoms. The minimum absolute atomic E-state index is 0.0217. The number of nitrogens with zero attached hydrogens (tertiary/aromatic N) is 2. The molecule has 88 valence electrons. The Hall–Kier alpha value is -2.17. The summed E-state index contributed by atoms with van der Waals surface area (Å²) in [5.74, 6) is -0.314. The first kappa shape index (κ1) is 11.3. The number of rotatable bonds is 3. The molecular weight excluding hydrogens is 221 g/mol. The van der Waals surface area contributed by atoms with E-state index in [1.54, 1.807) is 12.1 Å². The zero-order chi connectivity index (χ0) is 12.3. The van der Waals surface area contributed by atoms with E-state index in [0.29, 0.717) is 5.75 Å². The maximum Gasteiger partial charge on any atom is 0.260 e. The number of benzene rings is 1. The lowest BCUT2D eigenvalue weighted by molar-refractivity contribution is 0.421. The first-order valence-electron chi connectivity index (χ1n) is 5.24. The van der Waals surface area contributed by atoms with E-state index in [9.17, 15) is 4.39 Å². The molecule has 0 saturated heterocycles. The third-order valence-corrected chi connectivity index (χ3v) is 2.28. The van der Waals surface area contributed by atoms with E-state index in [4.69, 9.17) is 10.5 Å². The second-order valence-electron chi connectivity index (χ2n) is 3.48. The zero-order valence-electron chi connectivity index (χ0n) is 9.35. The summed E-state index contributed by atoms with van der Waals surface area (Å²) < 4.78 is 18.6. The van der Waals surface area contributed by atoms with Gasteiger partial charge in [-0.05, 0) is 24.1 Å². The summed E-state index contributed by atoms with van der Waals surface area (Å²) in [6.45, 7) is 2.06. The van der Waals surface area contributed by atoms with Crippen molar-refractivity contribution in [2.75, 3.05) is 5.73 Å². The van der Waals surface area contributed by atoms with Crippen molar-refractivity contribution in [1.82, 2.24) is 9.97 Å². The van der Waals surface area contributed by atoms with Crippen LogP contribution in [-0.2, 0) is 6.42 Å². The van der Waals surface area contributed by atoms with Crippen molar-refractivity contribution in [2.24, 2.45) is 0 Å². The fourth-order valence-electron chi connectivity index (χ4n) is 1.34. The molecule has 2 N–H and O–H groups in total. The van der Waals surface area contributed by atoms with E-state index in [1.165, 1.54) is 5.56 Å². The Morgan fingerprint density at radius 3 is 2.65 bits per heavy atom. The van der Waals surface area contributed by atoms with Crippen LogP contribution >= 0.6 is 0 Å². The van der Waals surface area contributed by atoms with Gasteiger partial charge in [-0.15, -0.1) is 0 Å². The van der Waals surface area contributed by atoms with Crippen molar-refractivity contribution < 1.29 is 9.13 Å². The molecule has 17 heavy (non-hydrogen) atoms. The third-order valence-electron chi connectivity index (χ3n) is 2.28. The van der Waals surface area contributed by atoms with Gasteiger partial charge in [-0.1, -0.05) is 19.1 Å². The maximum absolute atomic E-state index is 13.3. The molecule has 0 saturated carbocycles. The van der Waals surface area contributed by atoms with Crippen LogP contribution in [0.15, 0.2) is 30.5 Å². The van der Waals surface area contributed by atoms with Crippen LogP contribution in [0.25, 0.3) is 0 Å². The van der Waals surface area contributed by atoms with Crippen LogP contribution in [0.4, 0.5) is 10.3 Å². The van der Waals surface area contributed by atoms with Gasteiger partial charge in [0.15, 0.2) is 0 Å². The third kappa shape index (κ3) is 2.69. The molecule has 2 rings (SSSR count). The number of aromatic nitrogens is 2. The highest BCUT2D eigenvalue weighted by molar-refractivity contribution is 5.32. The van der Waals surface area contributed by atoms with Gasteiger partial charge in [0.25, 0.3) is 5.88 Å². The fourth-order valence-corrected chi connectivity index (χ4v) is 1.34. The number of hydrogen-bond donors (Lipinski definition) is 1. The average molecular weight is 233 g/mol. The minimum Gasteiger partial charge on any atom is -0.436 e. The smallest absolute Gasteiger partial charge is 0.260 e. The predicted octanol–water partition coefficient (Wildman–Crippen LogP) is 2.55. The van der Waals surface area contributed by atoms with E-state index in [2.05, 4.69) is 16.9 Å². The summed E-state index contributed by atoms with van der Waals surface area (Å²) in [5.41, 5.74) is 6.54. The number of hydrogen-bond acceptors (Lipinski definition) is 4. The van der Waals surface area contributed by atoms with Gasteiger partial charge in [-0.2, -0.15) is 9.37 Å². The fraction of sp³-hybridized carbons (Fsp3) is 0.167. The Kier molecular flexibility index (Phi) is 3.18. The number of nitrogen functional groups attached to an aromatic ring is 1. The molecule has 0 radical (unpaired) electrons. The van der Waals surface area contributed by atoms with Crippen LogP contribution in [0.3, 0.4) is 0 Å². The topological polar surface area (TPSA) is 61.0 Å². The van der Waals surface area contributed by atoms with E-state index in [-0.39, 0.29) is 11.8 Å². The van der Waals surface area contributed by atoms with Crippen LogP contribution in [0.1, 0.15) is 12.5 Å². The van der Waals surface area contributed by atoms with Gasteiger partial charge in [0.2, 0.25) is 11.8 Å². The quantitative estimate of drug-likeness (QED) is 0.885.